The standard InChI is InChI=1S/C19H22F3N5O2/c1-13(16-5-4-15(11-23-16)29-12-19(20,21)22)26-17(28)8-14-9-24-18(25-10-14)27-6-2-3-7-27/h4-5,9-11,13H,2-3,6-8,12H2,1H3,(H,26,28)/t13-/m1/s1. The van der Waals surface area contributed by atoms with Crippen LogP contribution in [0.15, 0.2) is 30.7 Å². The molecule has 0 aromatic carbocycles. The van der Waals surface area contributed by atoms with Crippen molar-refractivity contribution < 1.29 is 22.7 Å². The van der Waals surface area contributed by atoms with E-state index >= 15 is 0 Å². The highest BCUT2D eigenvalue weighted by Gasteiger charge is 2.28. The molecule has 1 atom stereocenters. The van der Waals surface area contributed by atoms with Crippen LogP contribution in [0.1, 0.15) is 37.1 Å². The van der Waals surface area contributed by atoms with Crippen molar-refractivity contribution in [3.63, 3.8) is 0 Å². The first-order valence-corrected chi connectivity index (χ1v) is 9.31. The zero-order valence-corrected chi connectivity index (χ0v) is 15.9. The minimum atomic E-state index is -4.41. The summed E-state index contributed by atoms with van der Waals surface area (Å²) in [5.74, 6) is 0.464. The van der Waals surface area contributed by atoms with E-state index in [0.29, 0.717) is 17.2 Å². The third-order valence-corrected chi connectivity index (χ3v) is 4.43. The monoisotopic (exact) mass is 409 g/mol. The maximum Gasteiger partial charge on any atom is 0.422 e. The number of halogens is 3. The number of amides is 1. The Morgan fingerprint density at radius 2 is 1.86 bits per heavy atom. The van der Waals surface area contributed by atoms with Gasteiger partial charge in [-0.25, -0.2) is 9.97 Å². The lowest BCUT2D eigenvalue weighted by molar-refractivity contribution is -0.153. The Balaban J connectivity index is 1.49. The summed E-state index contributed by atoms with van der Waals surface area (Å²) in [4.78, 5) is 27.1. The number of hydrogen-bond acceptors (Lipinski definition) is 6. The molecule has 10 heteroatoms. The Hall–Kier alpha value is -2.91. The predicted molar refractivity (Wildman–Crippen MR) is 99.5 cm³/mol. The van der Waals surface area contributed by atoms with E-state index in [9.17, 15) is 18.0 Å². The van der Waals surface area contributed by atoms with Gasteiger partial charge in [-0.1, -0.05) is 0 Å². The molecule has 0 bridgehead atoms. The maximum atomic E-state index is 12.3. The number of carbonyl (C=O) groups is 1. The SMILES string of the molecule is C[C@@H](NC(=O)Cc1cnc(N2CCCC2)nc1)c1ccc(OCC(F)(F)F)cn1. The zero-order chi connectivity index (χ0) is 20.9. The number of nitrogens with zero attached hydrogens (tertiary/aromatic N) is 4. The first-order valence-electron chi connectivity index (χ1n) is 9.31. The average molecular weight is 409 g/mol. The number of pyridine rings is 1. The molecule has 3 heterocycles. The van der Waals surface area contributed by atoms with Gasteiger partial charge in [0, 0.05) is 25.5 Å². The molecule has 1 aliphatic rings. The second-order valence-corrected chi connectivity index (χ2v) is 6.87. The molecule has 7 nitrogen and oxygen atoms in total. The Bertz CT molecular complexity index is 806. The summed E-state index contributed by atoms with van der Waals surface area (Å²) < 4.78 is 41.1. The van der Waals surface area contributed by atoms with Crippen LogP contribution in [0, 0.1) is 0 Å². The smallest absolute Gasteiger partial charge is 0.422 e. The van der Waals surface area contributed by atoms with Crippen molar-refractivity contribution in [2.45, 2.75) is 38.4 Å². The molecule has 0 aliphatic carbocycles. The quantitative estimate of drug-likeness (QED) is 0.758. The molecule has 0 radical (unpaired) electrons. The van der Waals surface area contributed by atoms with E-state index < -0.39 is 18.8 Å². The molecule has 1 amide bonds. The van der Waals surface area contributed by atoms with Gasteiger partial charge in [-0.2, -0.15) is 13.2 Å². The van der Waals surface area contributed by atoms with Crippen LogP contribution in [-0.2, 0) is 11.2 Å². The van der Waals surface area contributed by atoms with Gasteiger partial charge in [0.15, 0.2) is 6.61 Å². The number of anilines is 1. The Morgan fingerprint density at radius 3 is 2.45 bits per heavy atom. The minimum Gasteiger partial charge on any atom is -0.483 e. The van der Waals surface area contributed by atoms with E-state index in [2.05, 4.69) is 29.9 Å². The normalized spacial score (nSPS) is 15.2. The molecule has 2 aromatic rings. The summed E-state index contributed by atoms with van der Waals surface area (Å²) in [7, 11) is 0. The highest BCUT2D eigenvalue weighted by atomic mass is 19.4. The maximum absolute atomic E-state index is 12.3. The van der Waals surface area contributed by atoms with Crippen molar-refractivity contribution in [3.05, 3.63) is 42.0 Å². The van der Waals surface area contributed by atoms with Crippen LogP contribution in [0.2, 0.25) is 0 Å². The van der Waals surface area contributed by atoms with E-state index in [0.717, 1.165) is 25.9 Å². The number of aromatic nitrogens is 3. The zero-order valence-electron chi connectivity index (χ0n) is 15.9. The summed E-state index contributed by atoms with van der Waals surface area (Å²) >= 11 is 0. The third-order valence-electron chi connectivity index (χ3n) is 4.43. The molecule has 2 aromatic heterocycles. The fraction of sp³-hybridized carbons (Fsp3) is 0.474. The van der Waals surface area contributed by atoms with Gasteiger partial charge >= 0.3 is 6.18 Å². The first-order chi connectivity index (χ1) is 13.8. The van der Waals surface area contributed by atoms with Crippen molar-refractivity contribution in [3.8, 4) is 5.75 Å². The highest BCUT2D eigenvalue weighted by molar-refractivity contribution is 5.78. The molecule has 1 N–H and O–H groups in total. The summed E-state index contributed by atoms with van der Waals surface area (Å²) in [6.45, 7) is 2.26. The van der Waals surface area contributed by atoms with E-state index in [1.807, 2.05) is 0 Å². The number of rotatable bonds is 7. The topological polar surface area (TPSA) is 80.2 Å². The van der Waals surface area contributed by atoms with Crippen molar-refractivity contribution in [1.29, 1.82) is 0 Å². The molecule has 1 aliphatic heterocycles. The van der Waals surface area contributed by atoms with Gasteiger partial charge in [-0.05, 0) is 37.5 Å². The van der Waals surface area contributed by atoms with Crippen LogP contribution in [0.3, 0.4) is 0 Å². The second-order valence-electron chi connectivity index (χ2n) is 6.87. The summed E-state index contributed by atoms with van der Waals surface area (Å²) in [6, 6.07) is 2.50. The number of nitrogens with one attached hydrogen (secondary N) is 1. The van der Waals surface area contributed by atoms with Gasteiger partial charge < -0.3 is 15.0 Å². The van der Waals surface area contributed by atoms with E-state index in [-0.39, 0.29) is 18.1 Å². The van der Waals surface area contributed by atoms with Crippen molar-refractivity contribution in [1.82, 2.24) is 20.3 Å². The predicted octanol–water partition coefficient (Wildman–Crippen LogP) is 2.83. The Morgan fingerprint density at radius 1 is 1.17 bits per heavy atom. The third kappa shape index (κ3) is 6.30. The van der Waals surface area contributed by atoms with Gasteiger partial charge in [0.25, 0.3) is 0 Å². The molecule has 0 saturated carbocycles. The fourth-order valence-corrected chi connectivity index (χ4v) is 2.97. The van der Waals surface area contributed by atoms with Crippen LogP contribution < -0.4 is 15.0 Å². The molecule has 0 unspecified atom stereocenters. The molecular weight excluding hydrogens is 387 g/mol. The van der Waals surface area contributed by atoms with Crippen LogP contribution in [0.5, 0.6) is 5.75 Å². The molecule has 156 valence electrons. The fourth-order valence-electron chi connectivity index (χ4n) is 2.97. The van der Waals surface area contributed by atoms with Crippen LogP contribution in [0.25, 0.3) is 0 Å². The number of hydrogen-bond donors (Lipinski definition) is 1. The lowest BCUT2D eigenvalue weighted by Crippen LogP contribution is -2.29. The van der Waals surface area contributed by atoms with Gasteiger partial charge in [0.05, 0.1) is 24.4 Å². The molecular formula is C19H22F3N5O2. The Labute approximate surface area is 166 Å². The Kier molecular flexibility index (Phi) is 6.50. The van der Waals surface area contributed by atoms with Gasteiger partial charge in [0.2, 0.25) is 11.9 Å². The van der Waals surface area contributed by atoms with Crippen LogP contribution >= 0.6 is 0 Å². The minimum absolute atomic E-state index is 0.0137. The molecule has 1 saturated heterocycles. The van der Waals surface area contributed by atoms with E-state index in [4.69, 9.17) is 0 Å². The average Bonchev–Trinajstić information content (AvgIpc) is 3.21. The van der Waals surface area contributed by atoms with E-state index in [1.54, 1.807) is 19.3 Å². The summed E-state index contributed by atoms with van der Waals surface area (Å²) in [5, 5.41) is 2.80. The summed E-state index contributed by atoms with van der Waals surface area (Å²) in [6.07, 6.45) is 2.48. The van der Waals surface area contributed by atoms with Crippen molar-refractivity contribution in [2.75, 3.05) is 24.6 Å². The van der Waals surface area contributed by atoms with E-state index in [1.165, 1.54) is 18.3 Å². The largest absolute Gasteiger partial charge is 0.483 e. The second kappa shape index (κ2) is 9.06. The lowest BCUT2D eigenvalue weighted by atomic mass is 10.2. The number of carbonyl (C=O) groups excluding carboxylic acids is 1. The molecule has 3 rings (SSSR count). The van der Waals surface area contributed by atoms with Gasteiger partial charge in [-0.15, -0.1) is 0 Å². The molecule has 29 heavy (non-hydrogen) atoms. The van der Waals surface area contributed by atoms with Gasteiger partial charge in [0.1, 0.15) is 5.75 Å². The van der Waals surface area contributed by atoms with Crippen LogP contribution in [-0.4, -0.2) is 46.7 Å². The summed E-state index contributed by atoms with van der Waals surface area (Å²) in [5.41, 5.74) is 1.21. The first kappa shape index (κ1) is 20.8. The molecule has 1 fully saturated rings. The number of ether oxygens (including phenoxy) is 1. The molecule has 0 spiro atoms. The highest BCUT2D eigenvalue weighted by Crippen LogP contribution is 2.19. The van der Waals surface area contributed by atoms with Crippen LogP contribution in [0.4, 0.5) is 19.1 Å². The van der Waals surface area contributed by atoms with Gasteiger partial charge in [-0.3, -0.25) is 9.78 Å². The lowest BCUT2D eigenvalue weighted by Gasteiger charge is -2.16. The number of alkyl halides is 3. The van der Waals surface area contributed by atoms with Crippen molar-refractivity contribution in [2.24, 2.45) is 0 Å². The van der Waals surface area contributed by atoms with Crippen molar-refractivity contribution >= 4 is 11.9 Å².